The number of benzene rings is 2. The van der Waals surface area contributed by atoms with Crippen LogP contribution in [0.1, 0.15) is 16.8 Å². The van der Waals surface area contributed by atoms with Gasteiger partial charge in [-0.15, -0.1) is 0 Å². The van der Waals surface area contributed by atoms with Crippen molar-refractivity contribution in [3.63, 3.8) is 0 Å². The average Bonchev–Trinajstić information content (AvgIpc) is 2.45. The number of carbonyl (C=O) groups is 1. The van der Waals surface area contributed by atoms with Crippen molar-refractivity contribution < 1.29 is 9.18 Å². The topological polar surface area (TPSA) is 20.3 Å². The van der Waals surface area contributed by atoms with E-state index in [1.54, 1.807) is 36.2 Å². The van der Waals surface area contributed by atoms with Crippen LogP contribution in [-0.2, 0) is 0 Å². The number of hydrogen-bond donors (Lipinski definition) is 0. The van der Waals surface area contributed by atoms with Crippen LogP contribution in [0.3, 0.4) is 0 Å². The molecule has 100 valence electrons. The van der Waals surface area contributed by atoms with E-state index in [2.05, 4.69) is 15.9 Å². The minimum absolute atomic E-state index is 0.0721. The first-order valence-electron chi connectivity index (χ1n) is 6.14. The number of carbonyl (C=O) groups excluding carboxylic acids is 1. The Hall–Kier alpha value is -1.42. The molecule has 2 aromatic carbocycles. The monoisotopic (exact) mass is 323 g/mol. The van der Waals surface area contributed by atoms with Gasteiger partial charge >= 0.3 is 0 Å². The van der Waals surface area contributed by atoms with Crippen LogP contribution in [0.4, 0.5) is 4.39 Å². The minimum Gasteiger partial charge on any atom is -0.342 e. The van der Waals surface area contributed by atoms with E-state index in [1.807, 2.05) is 6.07 Å². The summed E-state index contributed by atoms with van der Waals surface area (Å²) < 4.78 is 13.7. The number of hydrogen-bond acceptors (Lipinski definition) is 1. The zero-order valence-electron chi connectivity index (χ0n) is 10.7. The molecule has 1 amide bonds. The van der Waals surface area contributed by atoms with Gasteiger partial charge in [0.1, 0.15) is 5.82 Å². The third-order valence-corrected chi connectivity index (χ3v) is 3.64. The smallest absolute Gasteiger partial charge is 0.254 e. The maximum atomic E-state index is 13.7. The fourth-order valence-electron chi connectivity index (χ4n) is 2.05. The van der Waals surface area contributed by atoms with Gasteiger partial charge in [0.05, 0.1) is 0 Å². The number of rotatable bonds is 4. The second kappa shape index (κ2) is 6.15. The van der Waals surface area contributed by atoms with E-state index in [0.29, 0.717) is 22.9 Å². The molecule has 0 N–H and O–H groups in total. The van der Waals surface area contributed by atoms with Crippen LogP contribution >= 0.6 is 15.9 Å². The highest BCUT2D eigenvalue weighted by Crippen LogP contribution is 2.22. The summed E-state index contributed by atoms with van der Waals surface area (Å²) in [5.74, 6) is -0.368. The van der Waals surface area contributed by atoms with Gasteiger partial charge < -0.3 is 4.90 Å². The number of halogens is 2. The van der Waals surface area contributed by atoms with Crippen molar-refractivity contribution in [1.82, 2.24) is 4.90 Å². The molecule has 0 heterocycles. The van der Waals surface area contributed by atoms with Crippen LogP contribution < -0.4 is 0 Å². The minimum atomic E-state index is -0.296. The lowest BCUT2D eigenvalue weighted by Crippen LogP contribution is -2.28. The third kappa shape index (κ3) is 2.95. The average molecular weight is 324 g/mol. The van der Waals surface area contributed by atoms with Gasteiger partial charge in [-0.25, -0.2) is 4.39 Å². The Balaban J connectivity index is 2.40. The second-order valence-electron chi connectivity index (χ2n) is 4.41. The second-order valence-corrected chi connectivity index (χ2v) is 5.20. The molecule has 0 saturated carbocycles. The Morgan fingerprint density at radius 2 is 1.89 bits per heavy atom. The van der Waals surface area contributed by atoms with Crippen molar-refractivity contribution in [2.75, 3.05) is 18.9 Å². The molecule has 0 saturated heterocycles. The standard InChI is InChI=1S/C15H15BrFNO/c1-18(10-4-9-16)15(19)13-7-8-14(17)12-6-3-2-5-11(12)13/h2-3,5-8H,4,9-10H2,1H3. The first-order valence-corrected chi connectivity index (χ1v) is 7.26. The summed E-state index contributed by atoms with van der Waals surface area (Å²) in [5, 5.41) is 2.01. The van der Waals surface area contributed by atoms with Crippen molar-refractivity contribution >= 4 is 32.6 Å². The van der Waals surface area contributed by atoms with Crippen molar-refractivity contribution in [1.29, 1.82) is 0 Å². The lowest BCUT2D eigenvalue weighted by molar-refractivity contribution is 0.0797. The fourth-order valence-corrected chi connectivity index (χ4v) is 2.30. The quantitative estimate of drug-likeness (QED) is 0.783. The first kappa shape index (κ1) is 14.0. The normalized spacial score (nSPS) is 10.7. The highest BCUT2D eigenvalue weighted by Gasteiger charge is 2.15. The van der Waals surface area contributed by atoms with Gasteiger partial charge in [-0.3, -0.25) is 4.79 Å². The zero-order chi connectivity index (χ0) is 13.8. The van der Waals surface area contributed by atoms with Gasteiger partial charge in [-0.2, -0.15) is 0 Å². The fraction of sp³-hybridized carbons (Fsp3) is 0.267. The SMILES string of the molecule is CN(CCCBr)C(=O)c1ccc(F)c2ccccc12. The first-order chi connectivity index (χ1) is 9.15. The van der Waals surface area contributed by atoms with Gasteiger partial charge in [-0.1, -0.05) is 40.2 Å². The molecule has 2 nitrogen and oxygen atoms in total. The van der Waals surface area contributed by atoms with Crippen molar-refractivity contribution in [3.05, 3.63) is 47.8 Å². The summed E-state index contributed by atoms with van der Waals surface area (Å²) in [6.07, 6.45) is 0.890. The molecule has 4 heteroatoms. The number of amides is 1. The van der Waals surface area contributed by atoms with Crippen LogP contribution in [0.25, 0.3) is 10.8 Å². The van der Waals surface area contributed by atoms with E-state index in [9.17, 15) is 9.18 Å². The van der Waals surface area contributed by atoms with Crippen LogP contribution in [0.15, 0.2) is 36.4 Å². The summed E-state index contributed by atoms with van der Waals surface area (Å²) in [7, 11) is 1.77. The summed E-state index contributed by atoms with van der Waals surface area (Å²) in [5.41, 5.74) is 0.550. The number of alkyl halides is 1. The summed E-state index contributed by atoms with van der Waals surface area (Å²) in [6.45, 7) is 0.676. The third-order valence-electron chi connectivity index (χ3n) is 3.08. The van der Waals surface area contributed by atoms with Crippen molar-refractivity contribution in [2.24, 2.45) is 0 Å². The van der Waals surface area contributed by atoms with E-state index in [4.69, 9.17) is 0 Å². The van der Waals surface area contributed by atoms with Crippen LogP contribution in [0.5, 0.6) is 0 Å². The highest BCUT2D eigenvalue weighted by molar-refractivity contribution is 9.09. The van der Waals surface area contributed by atoms with Gasteiger partial charge in [0.2, 0.25) is 0 Å². The van der Waals surface area contributed by atoms with E-state index >= 15 is 0 Å². The van der Waals surface area contributed by atoms with Gasteiger partial charge in [0.25, 0.3) is 5.91 Å². The molecule has 0 aliphatic carbocycles. The van der Waals surface area contributed by atoms with Crippen LogP contribution in [-0.4, -0.2) is 29.7 Å². The summed E-state index contributed by atoms with van der Waals surface area (Å²) in [6, 6.07) is 9.98. The van der Waals surface area contributed by atoms with Gasteiger partial charge in [0, 0.05) is 29.9 Å². The lowest BCUT2D eigenvalue weighted by Gasteiger charge is -2.17. The summed E-state index contributed by atoms with van der Waals surface area (Å²) >= 11 is 3.34. The number of fused-ring (bicyclic) bond motifs is 1. The van der Waals surface area contributed by atoms with E-state index in [1.165, 1.54) is 6.07 Å². The molecule has 0 aliphatic rings. The van der Waals surface area contributed by atoms with Gasteiger partial charge in [0.15, 0.2) is 0 Å². The molecule has 0 fully saturated rings. The Morgan fingerprint density at radius 3 is 2.58 bits per heavy atom. The Kier molecular flexibility index (Phi) is 4.53. The molecule has 0 aromatic heterocycles. The molecule has 0 bridgehead atoms. The Labute approximate surface area is 120 Å². The zero-order valence-corrected chi connectivity index (χ0v) is 12.3. The van der Waals surface area contributed by atoms with Crippen molar-refractivity contribution in [3.8, 4) is 0 Å². The highest BCUT2D eigenvalue weighted by atomic mass is 79.9. The molecular weight excluding hydrogens is 309 g/mol. The Bertz CT molecular complexity index is 600. The lowest BCUT2D eigenvalue weighted by atomic mass is 10.0. The predicted molar refractivity (Wildman–Crippen MR) is 79.3 cm³/mol. The van der Waals surface area contributed by atoms with E-state index < -0.39 is 0 Å². The molecule has 0 spiro atoms. The van der Waals surface area contributed by atoms with E-state index in [0.717, 1.165) is 11.8 Å². The molecular formula is C15H15BrFNO. The van der Waals surface area contributed by atoms with Crippen LogP contribution in [0.2, 0.25) is 0 Å². The molecule has 0 radical (unpaired) electrons. The molecule has 0 atom stereocenters. The summed E-state index contributed by atoms with van der Waals surface area (Å²) in [4.78, 5) is 14.0. The maximum absolute atomic E-state index is 13.7. The van der Waals surface area contributed by atoms with E-state index in [-0.39, 0.29) is 11.7 Å². The molecule has 0 aliphatic heterocycles. The predicted octanol–water partition coefficient (Wildman–Crippen LogP) is 3.84. The Morgan fingerprint density at radius 1 is 1.21 bits per heavy atom. The van der Waals surface area contributed by atoms with Crippen LogP contribution in [0, 0.1) is 5.82 Å². The largest absolute Gasteiger partial charge is 0.342 e. The van der Waals surface area contributed by atoms with Crippen molar-refractivity contribution in [2.45, 2.75) is 6.42 Å². The maximum Gasteiger partial charge on any atom is 0.254 e. The molecule has 2 rings (SSSR count). The number of nitrogens with zero attached hydrogens (tertiary/aromatic N) is 1. The molecule has 0 unspecified atom stereocenters. The molecule has 2 aromatic rings. The molecule has 19 heavy (non-hydrogen) atoms. The van der Waals surface area contributed by atoms with Gasteiger partial charge in [-0.05, 0) is 23.9 Å².